The fourth-order valence-corrected chi connectivity index (χ4v) is 0.908. The molecule has 1 aromatic rings. The lowest BCUT2D eigenvalue weighted by Gasteiger charge is -2.04. The van der Waals surface area contributed by atoms with Gasteiger partial charge in [-0.05, 0) is 6.07 Å². The first-order valence-corrected chi connectivity index (χ1v) is 3.54. The molecule has 1 rings (SSSR count). The molecule has 2 N–H and O–H groups in total. The molecule has 4 nitrogen and oxygen atoms in total. The SMILES string of the molecule is N#Cc1cc(C=O)c(N)nc1C(F)F. The molecule has 14 heavy (non-hydrogen) atoms. The lowest BCUT2D eigenvalue weighted by molar-refractivity contribution is 0.112. The van der Waals surface area contributed by atoms with Crippen LogP contribution in [0.4, 0.5) is 14.6 Å². The number of nitrogens with zero attached hydrogens (tertiary/aromatic N) is 2. The molecule has 1 heterocycles. The Labute approximate surface area is 78.0 Å². The summed E-state index contributed by atoms with van der Waals surface area (Å²) >= 11 is 0. The molecule has 0 saturated carbocycles. The Balaban J connectivity index is 3.40. The van der Waals surface area contributed by atoms with Crippen LogP contribution in [-0.4, -0.2) is 11.3 Å². The van der Waals surface area contributed by atoms with Crippen LogP contribution in [0.2, 0.25) is 0 Å². The third kappa shape index (κ3) is 1.66. The molecule has 0 aliphatic heterocycles. The van der Waals surface area contributed by atoms with Gasteiger partial charge in [0.1, 0.15) is 17.6 Å². The molecule has 0 aliphatic rings. The zero-order chi connectivity index (χ0) is 10.7. The highest BCUT2D eigenvalue weighted by molar-refractivity contribution is 5.82. The number of halogens is 2. The smallest absolute Gasteiger partial charge is 0.281 e. The van der Waals surface area contributed by atoms with Gasteiger partial charge in [0.2, 0.25) is 0 Å². The minimum absolute atomic E-state index is 0.0639. The minimum atomic E-state index is -2.88. The van der Waals surface area contributed by atoms with Crippen molar-refractivity contribution in [1.29, 1.82) is 5.26 Å². The van der Waals surface area contributed by atoms with Crippen molar-refractivity contribution in [1.82, 2.24) is 4.98 Å². The van der Waals surface area contributed by atoms with Gasteiger partial charge in [0, 0.05) is 0 Å². The molecule has 0 atom stereocenters. The quantitative estimate of drug-likeness (QED) is 0.724. The summed E-state index contributed by atoms with van der Waals surface area (Å²) in [6, 6.07) is 2.52. The summed E-state index contributed by atoms with van der Waals surface area (Å²) in [6.07, 6.45) is -2.52. The van der Waals surface area contributed by atoms with E-state index in [-0.39, 0.29) is 16.9 Å². The van der Waals surface area contributed by atoms with Crippen LogP contribution in [-0.2, 0) is 0 Å². The number of carbonyl (C=O) groups is 1. The summed E-state index contributed by atoms with van der Waals surface area (Å²) in [5, 5.41) is 8.50. The summed E-state index contributed by atoms with van der Waals surface area (Å²) in [7, 11) is 0. The van der Waals surface area contributed by atoms with Gasteiger partial charge in [-0.1, -0.05) is 0 Å². The minimum Gasteiger partial charge on any atom is -0.383 e. The lowest BCUT2D eigenvalue weighted by Crippen LogP contribution is -2.04. The van der Waals surface area contributed by atoms with Crippen LogP contribution in [0.5, 0.6) is 0 Å². The van der Waals surface area contributed by atoms with Crippen LogP contribution in [0, 0.1) is 11.3 Å². The first kappa shape index (κ1) is 10.1. The number of nitrogen functional groups attached to an aromatic ring is 1. The number of anilines is 1. The Bertz CT molecular complexity index is 412. The van der Waals surface area contributed by atoms with E-state index < -0.39 is 12.1 Å². The van der Waals surface area contributed by atoms with Crippen molar-refractivity contribution in [3.63, 3.8) is 0 Å². The van der Waals surface area contributed by atoms with Crippen molar-refractivity contribution >= 4 is 12.1 Å². The van der Waals surface area contributed by atoms with Gasteiger partial charge >= 0.3 is 0 Å². The van der Waals surface area contributed by atoms with E-state index in [0.717, 1.165) is 6.07 Å². The molecule has 0 unspecified atom stereocenters. The molecule has 6 heteroatoms. The average molecular weight is 197 g/mol. The average Bonchev–Trinajstić information content (AvgIpc) is 2.17. The van der Waals surface area contributed by atoms with Crippen molar-refractivity contribution in [3.05, 3.63) is 22.9 Å². The molecule has 0 spiro atoms. The second kappa shape index (κ2) is 3.79. The van der Waals surface area contributed by atoms with Crippen molar-refractivity contribution in [2.45, 2.75) is 6.43 Å². The molecular formula is C8H5F2N3O. The molecular weight excluding hydrogens is 192 g/mol. The Morgan fingerprint density at radius 2 is 2.29 bits per heavy atom. The van der Waals surface area contributed by atoms with Gasteiger partial charge in [-0.3, -0.25) is 4.79 Å². The summed E-state index contributed by atoms with van der Waals surface area (Å²) in [6.45, 7) is 0. The maximum absolute atomic E-state index is 12.3. The van der Waals surface area contributed by atoms with E-state index in [4.69, 9.17) is 11.0 Å². The van der Waals surface area contributed by atoms with Gasteiger partial charge in [-0.25, -0.2) is 13.8 Å². The number of alkyl halides is 2. The predicted octanol–water partition coefficient (Wildman–Crippen LogP) is 1.29. The van der Waals surface area contributed by atoms with Crippen molar-refractivity contribution in [2.24, 2.45) is 0 Å². The number of pyridine rings is 1. The zero-order valence-corrected chi connectivity index (χ0v) is 6.87. The summed E-state index contributed by atoms with van der Waals surface area (Å²) in [4.78, 5) is 13.6. The number of rotatable bonds is 2. The maximum Gasteiger partial charge on any atom is 0.281 e. The zero-order valence-electron chi connectivity index (χ0n) is 6.87. The van der Waals surface area contributed by atoms with Crippen molar-refractivity contribution in [3.8, 4) is 6.07 Å². The summed E-state index contributed by atoms with van der Waals surface area (Å²) in [5.74, 6) is -0.297. The Hall–Kier alpha value is -2.03. The van der Waals surface area contributed by atoms with E-state index in [9.17, 15) is 13.6 Å². The number of carbonyl (C=O) groups excluding carboxylic acids is 1. The third-order valence-corrected chi connectivity index (χ3v) is 1.57. The van der Waals surface area contributed by atoms with E-state index in [1.54, 1.807) is 0 Å². The third-order valence-electron chi connectivity index (χ3n) is 1.57. The van der Waals surface area contributed by atoms with Crippen molar-refractivity contribution in [2.75, 3.05) is 5.73 Å². The Morgan fingerprint density at radius 1 is 1.64 bits per heavy atom. The number of hydrogen-bond donors (Lipinski definition) is 1. The first-order valence-electron chi connectivity index (χ1n) is 3.54. The van der Waals surface area contributed by atoms with Gasteiger partial charge < -0.3 is 5.73 Å². The molecule has 0 aromatic carbocycles. The van der Waals surface area contributed by atoms with Gasteiger partial charge in [-0.2, -0.15) is 5.26 Å². The number of aromatic nitrogens is 1. The van der Waals surface area contributed by atoms with Crippen LogP contribution in [0.25, 0.3) is 0 Å². The molecule has 0 saturated heterocycles. The monoisotopic (exact) mass is 197 g/mol. The number of nitriles is 1. The molecule has 0 fully saturated rings. The Kier molecular flexibility index (Phi) is 2.72. The highest BCUT2D eigenvalue weighted by Gasteiger charge is 2.17. The van der Waals surface area contributed by atoms with Gasteiger partial charge in [0.15, 0.2) is 6.29 Å². The summed E-state index contributed by atoms with van der Waals surface area (Å²) in [5.41, 5.74) is 4.11. The fraction of sp³-hybridized carbons (Fsp3) is 0.125. The van der Waals surface area contributed by atoms with Gasteiger partial charge in [-0.15, -0.1) is 0 Å². The van der Waals surface area contributed by atoms with Gasteiger partial charge in [0.25, 0.3) is 6.43 Å². The number of hydrogen-bond acceptors (Lipinski definition) is 4. The second-order valence-corrected chi connectivity index (χ2v) is 2.43. The van der Waals surface area contributed by atoms with Crippen molar-refractivity contribution < 1.29 is 13.6 Å². The molecule has 1 aromatic heterocycles. The second-order valence-electron chi connectivity index (χ2n) is 2.43. The standard InChI is InChI=1S/C8H5F2N3O/c9-7(10)6-4(2-11)1-5(3-14)8(12)13-6/h1,3,7H,(H2,12,13). The molecule has 72 valence electrons. The van der Waals surface area contributed by atoms with Gasteiger partial charge in [0.05, 0.1) is 11.1 Å². The van der Waals surface area contributed by atoms with Crippen LogP contribution in [0.15, 0.2) is 6.07 Å². The van der Waals surface area contributed by atoms with E-state index in [0.29, 0.717) is 6.29 Å². The maximum atomic E-state index is 12.3. The largest absolute Gasteiger partial charge is 0.383 e. The fourth-order valence-electron chi connectivity index (χ4n) is 0.908. The first-order chi connectivity index (χ1) is 6.60. The van der Waals surface area contributed by atoms with Crippen LogP contribution in [0.1, 0.15) is 28.0 Å². The van der Waals surface area contributed by atoms with Crippen LogP contribution >= 0.6 is 0 Å². The number of nitrogens with two attached hydrogens (primary N) is 1. The van der Waals surface area contributed by atoms with E-state index in [2.05, 4.69) is 4.98 Å². The van der Waals surface area contributed by atoms with E-state index in [1.165, 1.54) is 6.07 Å². The topological polar surface area (TPSA) is 79.8 Å². The predicted molar refractivity (Wildman–Crippen MR) is 43.7 cm³/mol. The molecule has 0 bridgehead atoms. The van der Waals surface area contributed by atoms with Crippen LogP contribution in [0.3, 0.4) is 0 Å². The Morgan fingerprint density at radius 3 is 2.71 bits per heavy atom. The summed E-state index contributed by atoms with van der Waals surface area (Å²) < 4.78 is 24.5. The highest BCUT2D eigenvalue weighted by Crippen LogP contribution is 2.23. The molecule has 0 radical (unpaired) electrons. The van der Waals surface area contributed by atoms with E-state index >= 15 is 0 Å². The molecule has 0 aliphatic carbocycles. The molecule has 0 amide bonds. The number of aldehydes is 1. The normalized spacial score (nSPS) is 9.86. The lowest BCUT2D eigenvalue weighted by atomic mass is 10.1. The van der Waals surface area contributed by atoms with Crippen LogP contribution < -0.4 is 5.73 Å². The highest BCUT2D eigenvalue weighted by atomic mass is 19.3. The van der Waals surface area contributed by atoms with E-state index in [1.807, 2.05) is 0 Å².